The minimum absolute atomic E-state index is 0.0865. The van der Waals surface area contributed by atoms with Gasteiger partial charge in [-0.05, 0) is 0 Å². The molecule has 18 heavy (non-hydrogen) atoms. The van der Waals surface area contributed by atoms with Crippen molar-refractivity contribution in [1.82, 2.24) is 4.98 Å². The molecule has 2 heterocycles. The Bertz CT molecular complexity index is 641. The first-order valence-electron chi connectivity index (χ1n) is 5.47. The number of hydrogen-bond donors (Lipinski definition) is 1. The molecule has 0 bridgehead atoms. The summed E-state index contributed by atoms with van der Waals surface area (Å²) in [7, 11) is 0. The van der Waals surface area contributed by atoms with Crippen LogP contribution in [0.25, 0.3) is 0 Å². The summed E-state index contributed by atoms with van der Waals surface area (Å²) >= 11 is -2.00. The normalized spacial score (nSPS) is 17.0. The first-order chi connectivity index (χ1) is 8.75. The summed E-state index contributed by atoms with van der Waals surface area (Å²) in [6.07, 6.45) is 3.17. The topological polar surface area (TPSA) is 59.1 Å². The van der Waals surface area contributed by atoms with Crippen molar-refractivity contribution < 1.29 is 8.63 Å². The number of benzene rings is 1. The van der Waals surface area contributed by atoms with Crippen LogP contribution in [0.4, 0.5) is 5.69 Å². The molecule has 0 fully saturated rings. The van der Waals surface area contributed by atoms with Gasteiger partial charge in [0.25, 0.3) is 0 Å². The van der Waals surface area contributed by atoms with Crippen LogP contribution in [0.15, 0.2) is 42.7 Å². The Hall–Kier alpha value is -1.84. The Morgan fingerprint density at radius 2 is 2.17 bits per heavy atom. The number of rotatable bonds is 2. The van der Waals surface area contributed by atoms with Gasteiger partial charge in [-0.1, -0.05) is 0 Å². The van der Waals surface area contributed by atoms with Crippen molar-refractivity contribution in [2.75, 3.05) is 10.8 Å². The molecule has 0 aliphatic carbocycles. The second-order valence-corrected chi connectivity index (χ2v) is 6.93. The summed E-state index contributed by atoms with van der Waals surface area (Å²) in [6, 6.07) is 8.77. The SMILES string of the molecule is O=C(c1cccnc1)c1ccc2c(c1)[Se](=O)CN2. The second kappa shape index (κ2) is 4.44. The van der Waals surface area contributed by atoms with Crippen LogP contribution < -0.4 is 9.78 Å². The molecule has 0 saturated carbocycles. The van der Waals surface area contributed by atoms with Crippen LogP contribution in [0.3, 0.4) is 0 Å². The molecule has 1 aliphatic heterocycles. The van der Waals surface area contributed by atoms with Gasteiger partial charge in [-0.25, -0.2) is 0 Å². The number of carbonyl (C=O) groups excluding carboxylic acids is 1. The summed E-state index contributed by atoms with van der Waals surface area (Å²) in [5, 5.41) is 3.08. The number of carbonyl (C=O) groups is 1. The second-order valence-electron chi connectivity index (χ2n) is 3.95. The first kappa shape index (κ1) is 11.3. The molecule has 1 aromatic carbocycles. The van der Waals surface area contributed by atoms with Crippen molar-refractivity contribution in [2.24, 2.45) is 0 Å². The third-order valence-corrected chi connectivity index (χ3v) is 5.40. The van der Waals surface area contributed by atoms with Gasteiger partial charge in [0, 0.05) is 0 Å². The molecule has 1 aromatic heterocycles. The van der Waals surface area contributed by atoms with E-state index in [9.17, 15) is 8.63 Å². The Kier molecular flexibility index (Phi) is 2.78. The van der Waals surface area contributed by atoms with Gasteiger partial charge in [0.15, 0.2) is 0 Å². The number of hydrogen-bond acceptors (Lipinski definition) is 4. The Morgan fingerprint density at radius 1 is 1.28 bits per heavy atom. The van der Waals surface area contributed by atoms with Crippen LogP contribution in [0.1, 0.15) is 15.9 Å². The molecule has 1 N–H and O–H groups in total. The van der Waals surface area contributed by atoms with E-state index >= 15 is 0 Å². The third-order valence-electron chi connectivity index (χ3n) is 2.81. The molecule has 1 aliphatic rings. The fourth-order valence-corrected chi connectivity index (χ4v) is 4.16. The molecule has 0 radical (unpaired) electrons. The molecule has 0 saturated heterocycles. The van der Waals surface area contributed by atoms with Gasteiger partial charge in [-0.2, -0.15) is 0 Å². The Morgan fingerprint density at radius 3 is 2.94 bits per heavy atom. The summed E-state index contributed by atoms with van der Waals surface area (Å²) in [6.45, 7) is 0. The monoisotopic (exact) mass is 306 g/mol. The fraction of sp³-hybridized carbons (Fsp3) is 0.0769. The predicted octanol–water partition coefficient (Wildman–Crippen LogP) is 0.906. The first-order valence-corrected chi connectivity index (χ1v) is 8.23. The van der Waals surface area contributed by atoms with Crippen molar-refractivity contribution in [2.45, 2.75) is 0 Å². The van der Waals surface area contributed by atoms with E-state index in [4.69, 9.17) is 0 Å². The van der Waals surface area contributed by atoms with Gasteiger partial charge < -0.3 is 0 Å². The molecule has 1 unspecified atom stereocenters. The molecule has 5 heteroatoms. The third kappa shape index (κ3) is 1.88. The van der Waals surface area contributed by atoms with E-state index in [1.807, 2.05) is 6.07 Å². The summed E-state index contributed by atoms with van der Waals surface area (Å²) in [4.78, 5) is 16.1. The Labute approximate surface area is 108 Å². The van der Waals surface area contributed by atoms with Crippen LogP contribution in [-0.4, -0.2) is 30.0 Å². The summed E-state index contributed by atoms with van der Waals surface area (Å²) in [5.74, 6) is -0.0865. The molecular formula is C13H10N2O2Se. The van der Waals surface area contributed by atoms with E-state index in [1.54, 1.807) is 36.7 Å². The van der Waals surface area contributed by atoms with Crippen molar-refractivity contribution in [3.8, 4) is 0 Å². The van der Waals surface area contributed by atoms with Crippen molar-refractivity contribution in [3.05, 3.63) is 53.9 Å². The van der Waals surface area contributed by atoms with E-state index in [2.05, 4.69) is 10.3 Å². The maximum atomic E-state index is 12.2. The number of nitrogens with one attached hydrogen (secondary N) is 1. The van der Waals surface area contributed by atoms with Crippen molar-refractivity contribution in [3.63, 3.8) is 0 Å². The van der Waals surface area contributed by atoms with Crippen molar-refractivity contribution >= 4 is 29.8 Å². The Balaban J connectivity index is 2.01. The summed E-state index contributed by atoms with van der Waals surface area (Å²) in [5.41, 5.74) is 2.51. The van der Waals surface area contributed by atoms with Crippen LogP contribution in [0, 0.1) is 0 Å². The minimum atomic E-state index is -2.00. The molecular weight excluding hydrogens is 295 g/mol. The number of aromatic nitrogens is 1. The molecule has 2 aromatic rings. The van der Waals surface area contributed by atoms with E-state index in [-0.39, 0.29) is 5.78 Å². The molecule has 3 rings (SSSR count). The molecule has 90 valence electrons. The average molecular weight is 305 g/mol. The molecule has 4 nitrogen and oxygen atoms in total. The van der Waals surface area contributed by atoms with E-state index in [1.165, 1.54) is 0 Å². The van der Waals surface area contributed by atoms with Crippen LogP contribution in [0.2, 0.25) is 0 Å². The zero-order valence-electron chi connectivity index (χ0n) is 9.42. The average Bonchev–Trinajstić information content (AvgIpc) is 2.80. The van der Waals surface area contributed by atoms with Crippen LogP contribution in [-0.2, 0) is 3.83 Å². The maximum absolute atomic E-state index is 12.2. The van der Waals surface area contributed by atoms with E-state index < -0.39 is 13.8 Å². The molecule has 1 atom stereocenters. The van der Waals surface area contributed by atoms with Crippen LogP contribution >= 0.6 is 0 Å². The predicted molar refractivity (Wildman–Crippen MR) is 68.7 cm³/mol. The van der Waals surface area contributed by atoms with Gasteiger partial charge in [-0.3, -0.25) is 0 Å². The van der Waals surface area contributed by atoms with E-state index in [0.717, 1.165) is 10.1 Å². The van der Waals surface area contributed by atoms with Gasteiger partial charge in [0.1, 0.15) is 0 Å². The quantitative estimate of drug-likeness (QED) is 0.662. The number of nitrogens with zero attached hydrogens (tertiary/aromatic N) is 1. The number of anilines is 1. The zero-order valence-corrected chi connectivity index (χ0v) is 11.1. The van der Waals surface area contributed by atoms with Gasteiger partial charge in [0.2, 0.25) is 0 Å². The van der Waals surface area contributed by atoms with Crippen molar-refractivity contribution in [1.29, 1.82) is 0 Å². The van der Waals surface area contributed by atoms with Crippen LogP contribution in [0.5, 0.6) is 0 Å². The van der Waals surface area contributed by atoms with E-state index in [0.29, 0.717) is 16.6 Å². The zero-order chi connectivity index (χ0) is 12.5. The van der Waals surface area contributed by atoms with Gasteiger partial charge in [-0.15, -0.1) is 0 Å². The standard InChI is InChI=1S/C13H10N2O2Se/c16-13(10-2-1-5-14-7-10)9-3-4-11-12(6-9)18(17)8-15-11/h1-7,15H,8H2. The molecule has 0 amide bonds. The number of fused-ring (bicyclic) bond motifs is 1. The van der Waals surface area contributed by atoms with Gasteiger partial charge in [0.05, 0.1) is 0 Å². The number of ketones is 1. The van der Waals surface area contributed by atoms with Gasteiger partial charge >= 0.3 is 108 Å². The summed E-state index contributed by atoms with van der Waals surface area (Å²) < 4.78 is 12.6. The molecule has 0 spiro atoms. The number of pyridine rings is 1. The fourth-order valence-electron chi connectivity index (χ4n) is 1.88.